The molecule has 30 heavy (non-hydrogen) atoms. The van der Waals surface area contributed by atoms with Crippen LogP contribution in [0.4, 0.5) is 5.95 Å². The number of hydrogen-bond acceptors (Lipinski definition) is 6. The zero-order valence-electron chi connectivity index (χ0n) is 17.8. The number of hydrogen-bond donors (Lipinski definition) is 1. The van der Waals surface area contributed by atoms with E-state index in [-0.39, 0.29) is 0 Å². The molecule has 0 atom stereocenters. The normalized spacial score (nSPS) is 11.7. The summed E-state index contributed by atoms with van der Waals surface area (Å²) < 4.78 is 11.5. The Bertz CT molecular complexity index is 1270. The van der Waals surface area contributed by atoms with Gasteiger partial charge in [-0.15, -0.1) is 0 Å². The van der Waals surface area contributed by atoms with Gasteiger partial charge in [0.2, 0.25) is 5.95 Å². The van der Waals surface area contributed by atoms with Gasteiger partial charge in [0, 0.05) is 28.4 Å². The van der Waals surface area contributed by atoms with Crippen LogP contribution in [0.15, 0.2) is 58.0 Å². The van der Waals surface area contributed by atoms with Gasteiger partial charge in [-0.1, -0.05) is 0 Å². The summed E-state index contributed by atoms with van der Waals surface area (Å²) in [6, 6.07) is 15.7. The summed E-state index contributed by atoms with van der Waals surface area (Å²) in [4.78, 5) is 8.81. The highest BCUT2D eigenvalue weighted by molar-refractivity contribution is 5.80. The minimum absolute atomic E-state index is 0.469. The molecule has 2 aromatic heterocycles. The molecule has 2 heterocycles. The minimum atomic E-state index is 0.469. The molecular weight excluding hydrogens is 376 g/mol. The Labute approximate surface area is 175 Å². The van der Waals surface area contributed by atoms with Gasteiger partial charge >= 0.3 is 0 Å². The van der Waals surface area contributed by atoms with E-state index in [0.717, 1.165) is 50.4 Å². The molecule has 4 aromatic rings. The van der Waals surface area contributed by atoms with Crippen LogP contribution >= 0.6 is 0 Å². The van der Waals surface area contributed by atoms with Crippen LogP contribution in [-0.2, 0) is 0 Å². The minimum Gasteiger partial charge on any atom is -0.497 e. The third-order valence-corrected chi connectivity index (χ3v) is 4.99. The van der Waals surface area contributed by atoms with Crippen LogP contribution in [0.1, 0.15) is 22.5 Å². The van der Waals surface area contributed by atoms with Crippen molar-refractivity contribution in [1.82, 2.24) is 9.97 Å². The van der Waals surface area contributed by atoms with E-state index < -0.39 is 0 Å². The SMILES string of the molecule is COc1ccc(-c2c/c(=N\Nc3nc(C)cc(C)n3)c3cc(C)c(C)cc3o2)cc1. The van der Waals surface area contributed by atoms with Crippen molar-refractivity contribution in [3.05, 3.63) is 76.4 Å². The average molecular weight is 400 g/mol. The number of fused-ring (bicyclic) bond motifs is 1. The maximum absolute atomic E-state index is 6.23. The monoisotopic (exact) mass is 400 g/mol. The van der Waals surface area contributed by atoms with Crippen molar-refractivity contribution in [1.29, 1.82) is 0 Å². The molecule has 6 heteroatoms. The van der Waals surface area contributed by atoms with Gasteiger partial charge in [0.25, 0.3) is 0 Å². The van der Waals surface area contributed by atoms with Crippen molar-refractivity contribution in [3.63, 3.8) is 0 Å². The van der Waals surface area contributed by atoms with Crippen molar-refractivity contribution in [3.8, 4) is 17.1 Å². The summed E-state index contributed by atoms with van der Waals surface area (Å²) in [6.45, 7) is 8.02. The third kappa shape index (κ3) is 4.03. The van der Waals surface area contributed by atoms with Gasteiger partial charge in [0.15, 0.2) is 0 Å². The predicted molar refractivity (Wildman–Crippen MR) is 118 cm³/mol. The van der Waals surface area contributed by atoms with Gasteiger partial charge < -0.3 is 9.15 Å². The maximum atomic E-state index is 6.23. The van der Waals surface area contributed by atoms with Crippen LogP contribution in [0.25, 0.3) is 22.3 Å². The summed E-state index contributed by atoms with van der Waals surface area (Å²) in [5, 5.41) is 6.30. The lowest BCUT2D eigenvalue weighted by Crippen LogP contribution is -2.09. The number of nitrogens with one attached hydrogen (secondary N) is 1. The molecule has 0 saturated carbocycles. The maximum Gasteiger partial charge on any atom is 0.243 e. The molecule has 0 unspecified atom stereocenters. The summed E-state index contributed by atoms with van der Waals surface area (Å²) >= 11 is 0. The molecular formula is C24H24N4O2. The topological polar surface area (TPSA) is 72.5 Å². The van der Waals surface area contributed by atoms with E-state index in [1.165, 1.54) is 5.56 Å². The first-order chi connectivity index (χ1) is 14.4. The van der Waals surface area contributed by atoms with E-state index in [2.05, 4.69) is 40.4 Å². The molecule has 0 amide bonds. The van der Waals surface area contributed by atoms with Crippen molar-refractivity contribution < 1.29 is 9.15 Å². The quantitative estimate of drug-likeness (QED) is 0.485. The number of aromatic nitrogens is 2. The molecule has 0 fully saturated rings. The number of nitrogens with zero attached hydrogens (tertiary/aromatic N) is 3. The van der Waals surface area contributed by atoms with Gasteiger partial charge in [-0.25, -0.2) is 15.4 Å². The highest BCUT2D eigenvalue weighted by Gasteiger charge is 2.09. The van der Waals surface area contributed by atoms with Crippen LogP contribution in [-0.4, -0.2) is 17.1 Å². The van der Waals surface area contributed by atoms with Crippen LogP contribution < -0.4 is 15.5 Å². The first-order valence-corrected chi connectivity index (χ1v) is 9.74. The van der Waals surface area contributed by atoms with Crippen molar-refractivity contribution in [2.45, 2.75) is 27.7 Å². The Morgan fingerprint density at radius 2 is 1.53 bits per heavy atom. The summed E-state index contributed by atoms with van der Waals surface area (Å²) in [7, 11) is 1.65. The summed E-state index contributed by atoms with van der Waals surface area (Å²) in [5.74, 6) is 1.98. The van der Waals surface area contributed by atoms with Gasteiger partial charge in [-0.2, -0.15) is 5.10 Å². The van der Waals surface area contributed by atoms with Crippen molar-refractivity contribution in [2.24, 2.45) is 5.10 Å². The molecule has 2 aromatic carbocycles. The fourth-order valence-corrected chi connectivity index (χ4v) is 3.30. The van der Waals surface area contributed by atoms with Gasteiger partial charge in [-0.3, -0.25) is 0 Å². The van der Waals surface area contributed by atoms with Crippen molar-refractivity contribution >= 4 is 16.9 Å². The molecule has 152 valence electrons. The summed E-state index contributed by atoms with van der Waals surface area (Å²) in [5.41, 5.74) is 8.83. The van der Waals surface area contributed by atoms with Crippen LogP contribution in [0.2, 0.25) is 0 Å². The van der Waals surface area contributed by atoms with Crippen LogP contribution in [0.3, 0.4) is 0 Å². The molecule has 0 bridgehead atoms. The van der Waals surface area contributed by atoms with E-state index in [4.69, 9.17) is 9.15 Å². The van der Waals surface area contributed by atoms with Crippen LogP contribution in [0, 0.1) is 27.7 Å². The molecule has 0 saturated heterocycles. The number of aryl methyl sites for hydroxylation is 4. The van der Waals surface area contributed by atoms with Crippen LogP contribution in [0.5, 0.6) is 5.75 Å². The van der Waals surface area contributed by atoms with Gasteiger partial charge in [0.1, 0.15) is 17.1 Å². The summed E-state index contributed by atoms with van der Waals surface area (Å²) in [6.07, 6.45) is 0. The second-order valence-electron chi connectivity index (χ2n) is 7.35. The molecule has 1 N–H and O–H groups in total. The Kier molecular flexibility index (Phi) is 5.23. The Morgan fingerprint density at radius 3 is 2.20 bits per heavy atom. The zero-order chi connectivity index (χ0) is 21.3. The molecule has 0 aliphatic heterocycles. The van der Waals surface area contributed by atoms with Crippen molar-refractivity contribution in [2.75, 3.05) is 12.5 Å². The second kappa shape index (κ2) is 7.99. The Balaban J connectivity index is 1.87. The van der Waals surface area contributed by atoms with E-state index in [1.807, 2.05) is 56.3 Å². The lowest BCUT2D eigenvalue weighted by atomic mass is 10.1. The molecule has 4 rings (SSSR count). The number of methoxy groups -OCH3 is 1. The number of anilines is 1. The first kappa shape index (κ1) is 19.6. The highest BCUT2D eigenvalue weighted by Crippen LogP contribution is 2.25. The molecule has 6 nitrogen and oxygen atoms in total. The zero-order valence-corrected chi connectivity index (χ0v) is 17.8. The van der Waals surface area contributed by atoms with Gasteiger partial charge in [-0.05, 0) is 81.3 Å². The van der Waals surface area contributed by atoms with E-state index in [1.54, 1.807) is 7.11 Å². The standard InChI is InChI=1S/C24H24N4O2/c1-14-10-20-21(27-28-24-25-16(3)12-17(4)26-24)13-22(30-23(20)11-15(14)2)18-6-8-19(29-5)9-7-18/h6-13H,1-5H3,(H,25,26,28)/b27-21+. The number of benzene rings is 2. The van der Waals surface area contributed by atoms with E-state index >= 15 is 0 Å². The fraction of sp³-hybridized carbons (Fsp3) is 0.208. The molecule has 0 spiro atoms. The molecule has 0 aliphatic carbocycles. The first-order valence-electron chi connectivity index (χ1n) is 9.74. The van der Waals surface area contributed by atoms with E-state index in [0.29, 0.717) is 5.95 Å². The smallest absolute Gasteiger partial charge is 0.243 e. The van der Waals surface area contributed by atoms with E-state index in [9.17, 15) is 0 Å². The number of rotatable bonds is 4. The lowest BCUT2D eigenvalue weighted by Gasteiger charge is -2.09. The molecule has 0 radical (unpaired) electrons. The average Bonchev–Trinajstić information content (AvgIpc) is 2.72. The largest absolute Gasteiger partial charge is 0.497 e. The highest BCUT2D eigenvalue weighted by atomic mass is 16.5. The predicted octanol–water partition coefficient (Wildman–Crippen LogP) is 5.06. The van der Waals surface area contributed by atoms with Gasteiger partial charge in [0.05, 0.1) is 12.5 Å². The fourth-order valence-electron chi connectivity index (χ4n) is 3.30. The number of ether oxygens (including phenoxy) is 1. The third-order valence-electron chi connectivity index (χ3n) is 4.99. The second-order valence-corrected chi connectivity index (χ2v) is 7.35. The molecule has 0 aliphatic rings. The Hall–Kier alpha value is -3.67. The lowest BCUT2D eigenvalue weighted by molar-refractivity contribution is 0.415. The Morgan fingerprint density at radius 1 is 0.867 bits per heavy atom.